The Morgan fingerprint density at radius 2 is 1.70 bits per heavy atom. The van der Waals surface area contributed by atoms with Crippen LogP contribution in [0.1, 0.15) is 31.9 Å². The zero-order chi connectivity index (χ0) is 23.8. The first kappa shape index (κ1) is 23.1. The van der Waals surface area contributed by atoms with Gasteiger partial charge in [-0.1, -0.05) is 56.6 Å². The Hall–Kier alpha value is -3.03. The summed E-state index contributed by atoms with van der Waals surface area (Å²) in [5, 5.41) is 25.1. The summed E-state index contributed by atoms with van der Waals surface area (Å²) < 4.78 is 1.31. The molecule has 0 atom stereocenters. The van der Waals surface area contributed by atoms with E-state index in [4.69, 9.17) is 11.6 Å². The van der Waals surface area contributed by atoms with Gasteiger partial charge in [-0.15, -0.1) is 0 Å². The molecular formula is C25H29ClN4O3. The molecule has 174 valence electrons. The van der Waals surface area contributed by atoms with E-state index in [-0.39, 0.29) is 27.5 Å². The first-order chi connectivity index (χ1) is 15.6. The molecule has 1 aromatic heterocycles. The quantitative estimate of drug-likeness (QED) is 0.565. The molecule has 1 fully saturated rings. The molecular weight excluding hydrogens is 440 g/mol. The molecule has 0 aliphatic carbocycles. The number of halogens is 1. The van der Waals surface area contributed by atoms with Gasteiger partial charge in [0.2, 0.25) is 0 Å². The Morgan fingerprint density at radius 1 is 1.03 bits per heavy atom. The highest BCUT2D eigenvalue weighted by molar-refractivity contribution is 6.33. The van der Waals surface area contributed by atoms with Crippen molar-refractivity contribution in [2.24, 2.45) is 0 Å². The minimum atomic E-state index is -0.345. The van der Waals surface area contributed by atoms with Crippen molar-refractivity contribution >= 4 is 17.3 Å². The third-order valence-electron chi connectivity index (χ3n) is 6.04. The zero-order valence-electron chi connectivity index (χ0n) is 19.1. The summed E-state index contributed by atoms with van der Waals surface area (Å²) in [5.41, 5.74) is 2.50. The van der Waals surface area contributed by atoms with Crippen molar-refractivity contribution in [3.05, 3.63) is 75.2 Å². The van der Waals surface area contributed by atoms with Crippen molar-refractivity contribution in [2.45, 2.75) is 32.7 Å². The van der Waals surface area contributed by atoms with Crippen molar-refractivity contribution in [2.75, 3.05) is 31.1 Å². The fourth-order valence-electron chi connectivity index (χ4n) is 4.02. The number of hydrogen-bond acceptors (Lipinski definition) is 6. The summed E-state index contributed by atoms with van der Waals surface area (Å²) in [5.74, 6) is -0.157. The van der Waals surface area contributed by atoms with Gasteiger partial charge in [0.05, 0.1) is 17.6 Å². The largest absolute Gasteiger partial charge is 0.504 e. The molecule has 1 aliphatic heterocycles. The summed E-state index contributed by atoms with van der Waals surface area (Å²) in [4.78, 5) is 17.1. The van der Waals surface area contributed by atoms with Gasteiger partial charge in [-0.2, -0.15) is 9.78 Å². The number of hydrogen-bond donors (Lipinski definition) is 2. The molecule has 33 heavy (non-hydrogen) atoms. The van der Waals surface area contributed by atoms with Crippen molar-refractivity contribution in [3.63, 3.8) is 0 Å². The third kappa shape index (κ3) is 4.84. The second-order valence-electron chi connectivity index (χ2n) is 9.41. The Labute approximate surface area is 198 Å². The number of benzene rings is 2. The summed E-state index contributed by atoms with van der Waals surface area (Å²) >= 11 is 6.46. The van der Waals surface area contributed by atoms with Crippen LogP contribution in [0.4, 0.5) is 5.69 Å². The Morgan fingerprint density at radius 3 is 2.33 bits per heavy atom. The number of para-hydroxylation sites is 1. The van der Waals surface area contributed by atoms with E-state index in [0.717, 1.165) is 18.7 Å². The standard InChI is InChI=1S/C25H29ClN4O3/c1-25(2,3)18-13-17(23(32)21(31)14-18)16-28-9-11-29(12-10-28)20-15-27-30(24(33)22(20)26)19-7-5-4-6-8-19/h4-8,13-15,31-32H,9-12,16H2,1-3H3. The molecule has 0 saturated carbocycles. The molecule has 4 rings (SSSR count). The van der Waals surface area contributed by atoms with Crippen LogP contribution in [0.15, 0.2) is 53.5 Å². The molecule has 1 saturated heterocycles. The van der Waals surface area contributed by atoms with E-state index in [1.165, 1.54) is 4.68 Å². The van der Waals surface area contributed by atoms with Crippen molar-refractivity contribution in [3.8, 4) is 17.2 Å². The highest BCUT2D eigenvalue weighted by Crippen LogP contribution is 2.36. The maximum Gasteiger partial charge on any atom is 0.292 e. The van der Waals surface area contributed by atoms with Gasteiger partial charge in [-0.3, -0.25) is 9.69 Å². The van der Waals surface area contributed by atoms with Crippen LogP contribution < -0.4 is 10.5 Å². The first-order valence-electron chi connectivity index (χ1n) is 11.0. The second kappa shape index (κ2) is 9.08. The molecule has 8 heteroatoms. The van der Waals surface area contributed by atoms with Crippen LogP contribution >= 0.6 is 11.6 Å². The molecule has 3 aromatic rings. The Balaban J connectivity index is 1.48. The van der Waals surface area contributed by atoms with Crippen LogP contribution in [-0.2, 0) is 12.0 Å². The summed E-state index contributed by atoms with van der Waals surface area (Å²) in [7, 11) is 0. The maximum atomic E-state index is 12.8. The minimum absolute atomic E-state index is 0.0674. The smallest absolute Gasteiger partial charge is 0.292 e. The van der Waals surface area contributed by atoms with E-state index in [2.05, 4.69) is 35.7 Å². The van der Waals surface area contributed by atoms with Gasteiger partial charge in [0.15, 0.2) is 11.5 Å². The van der Waals surface area contributed by atoms with Gasteiger partial charge < -0.3 is 15.1 Å². The monoisotopic (exact) mass is 468 g/mol. The topological polar surface area (TPSA) is 81.8 Å². The summed E-state index contributed by atoms with van der Waals surface area (Å²) in [6, 6.07) is 12.8. The molecule has 0 spiro atoms. The highest BCUT2D eigenvalue weighted by atomic mass is 35.5. The predicted octanol–water partition coefficient (Wildman–Crippen LogP) is 3.92. The van der Waals surface area contributed by atoms with Gasteiger partial charge in [-0.05, 0) is 29.2 Å². The van der Waals surface area contributed by atoms with Crippen LogP contribution in [0.3, 0.4) is 0 Å². The number of phenols is 2. The molecule has 0 bridgehead atoms. The molecule has 2 heterocycles. The minimum Gasteiger partial charge on any atom is -0.504 e. The van der Waals surface area contributed by atoms with Crippen molar-refractivity contribution in [1.82, 2.24) is 14.7 Å². The average Bonchev–Trinajstić information content (AvgIpc) is 2.79. The molecule has 1 aliphatic rings. The number of piperazine rings is 1. The Kier molecular flexibility index (Phi) is 6.36. The van der Waals surface area contributed by atoms with Gasteiger partial charge in [0.1, 0.15) is 5.02 Å². The van der Waals surface area contributed by atoms with E-state index in [9.17, 15) is 15.0 Å². The lowest BCUT2D eigenvalue weighted by Crippen LogP contribution is -2.46. The fraction of sp³-hybridized carbons (Fsp3) is 0.360. The highest BCUT2D eigenvalue weighted by Gasteiger charge is 2.24. The zero-order valence-corrected chi connectivity index (χ0v) is 19.9. The van der Waals surface area contributed by atoms with Gasteiger partial charge in [0, 0.05) is 38.3 Å². The lowest BCUT2D eigenvalue weighted by atomic mass is 9.85. The summed E-state index contributed by atoms with van der Waals surface area (Å²) in [6.07, 6.45) is 1.64. The molecule has 2 N–H and O–H groups in total. The normalized spacial score (nSPS) is 15.1. The van der Waals surface area contributed by atoms with E-state index < -0.39 is 0 Å². The molecule has 0 unspecified atom stereocenters. The Bertz CT molecular complexity index is 1200. The number of rotatable bonds is 4. The van der Waals surface area contributed by atoms with Gasteiger partial charge >= 0.3 is 0 Å². The lowest BCUT2D eigenvalue weighted by Gasteiger charge is -2.36. The van der Waals surface area contributed by atoms with E-state index in [1.807, 2.05) is 36.4 Å². The third-order valence-corrected chi connectivity index (χ3v) is 6.40. The van der Waals surface area contributed by atoms with Crippen LogP contribution in [0.2, 0.25) is 5.02 Å². The second-order valence-corrected chi connectivity index (χ2v) is 9.79. The van der Waals surface area contributed by atoms with Gasteiger partial charge in [0.25, 0.3) is 5.56 Å². The van der Waals surface area contributed by atoms with Crippen LogP contribution in [0.25, 0.3) is 5.69 Å². The maximum absolute atomic E-state index is 12.8. The molecule has 7 nitrogen and oxygen atoms in total. The van der Waals surface area contributed by atoms with E-state index in [0.29, 0.717) is 36.6 Å². The molecule has 0 radical (unpaired) electrons. The number of aromatic nitrogens is 2. The number of aromatic hydroxyl groups is 2. The molecule has 2 aromatic carbocycles. The average molecular weight is 469 g/mol. The van der Waals surface area contributed by atoms with Crippen molar-refractivity contribution < 1.29 is 10.2 Å². The van der Waals surface area contributed by atoms with E-state index >= 15 is 0 Å². The van der Waals surface area contributed by atoms with Crippen molar-refractivity contribution in [1.29, 1.82) is 0 Å². The number of nitrogens with zero attached hydrogens (tertiary/aromatic N) is 4. The number of anilines is 1. The lowest BCUT2D eigenvalue weighted by molar-refractivity contribution is 0.245. The molecule has 0 amide bonds. The van der Waals surface area contributed by atoms with Crippen LogP contribution in [0, 0.1) is 0 Å². The van der Waals surface area contributed by atoms with Crippen LogP contribution in [-0.4, -0.2) is 51.1 Å². The SMILES string of the molecule is CC(C)(C)c1cc(O)c(O)c(CN2CCN(c3cnn(-c4ccccc4)c(=O)c3Cl)CC2)c1. The first-order valence-corrected chi connectivity index (χ1v) is 11.4. The van der Waals surface area contributed by atoms with E-state index in [1.54, 1.807) is 12.3 Å². The van der Waals surface area contributed by atoms with Gasteiger partial charge in [-0.25, -0.2) is 0 Å². The predicted molar refractivity (Wildman–Crippen MR) is 131 cm³/mol. The number of phenolic OH excluding ortho intramolecular Hbond substituents is 2. The summed E-state index contributed by atoms with van der Waals surface area (Å²) in [6.45, 7) is 9.53. The van der Waals surface area contributed by atoms with Crippen LogP contribution in [0.5, 0.6) is 11.5 Å². The fourth-order valence-corrected chi connectivity index (χ4v) is 4.27.